The number of hydrogen-bond donors (Lipinski definition) is 4. The van der Waals surface area contributed by atoms with Crippen LogP contribution in [0.5, 0.6) is 0 Å². The number of aliphatic hydroxyl groups is 4. The van der Waals surface area contributed by atoms with Gasteiger partial charge in [0.1, 0.15) is 17.3 Å². The fourth-order valence-electron chi connectivity index (χ4n) is 8.89. The lowest BCUT2D eigenvalue weighted by Gasteiger charge is -2.64. The maximum atomic E-state index is 14.3. The summed E-state index contributed by atoms with van der Waals surface area (Å²) in [6.45, 7) is 16.8. The molecular formula is C38H52O12. The number of epoxide rings is 1. The number of ether oxygens (including phenoxy) is 4. The summed E-state index contributed by atoms with van der Waals surface area (Å²) in [5.74, 6) is -6.03. The van der Waals surface area contributed by atoms with Crippen LogP contribution in [0, 0.1) is 11.8 Å². The number of carbonyl (C=O) groups is 4. The van der Waals surface area contributed by atoms with E-state index in [-0.39, 0.29) is 30.6 Å². The van der Waals surface area contributed by atoms with Crippen LogP contribution in [-0.4, -0.2) is 97.0 Å². The molecule has 0 aromatic heterocycles. The molecule has 276 valence electrons. The number of benzene rings is 1. The molecule has 0 spiro atoms. The van der Waals surface area contributed by atoms with Crippen molar-refractivity contribution < 1.29 is 58.6 Å². The zero-order chi connectivity index (χ0) is 37.8. The largest absolute Gasteiger partial charge is 0.466 e. The Kier molecular flexibility index (Phi) is 10.5. The molecule has 2 aliphatic carbocycles. The van der Waals surface area contributed by atoms with Crippen LogP contribution in [-0.2, 0) is 43.5 Å². The normalized spacial score (nSPS) is 38.1. The van der Waals surface area contributed by atoms with Crippen molar-refractivity contribution in [3.05, 3.63) is 59.7 Å². The van der Waals surface area contributed by atoms with Gasteiger partial charge in [0.25, 0.3) is 0 Å². The standard InChI is InChI=1S/C38H52O12/c1-11-22(4)29(42)35(44)20-34(43)23(5)30(48-25(7)40)38(46,21(2)3)37(45,19-33(9,10)27-15-13-12-14-16-27)28(34)31-36(50-31,17-18-47-24(6)39)32(35)49-26(8)41/h11-16,23,28,30-32,43-46H,2,17-20H2,1,3-10H3/b22-11-/t23-,28-,30-,31+,32+,34-,35-,36+,37+,38+/m1/s1. The molecule has 1 saturated heterocycles. The highest BCUT2D eigenvalue weighted by Gasteiger charge is 2.85. The predicted molar refractivity (Wildman–Crippen MR) is 180 cm³/mol. The van der Waals surface area contributed by atoms with E-state index in [9.17, 15) is 39.6 Å². The quantitative estimate of drug-likeness (QED) is 0.0870. The Morgan fingerprint density at radius 2 is 1.54 bits per heavy atom. The molecule has 0 unspecified atom stereocenters. The molecule has 1 aliphatic heterocycles. The van der Waals surface area contributed by atoms with Crippen molar-refractivity contribution in [2.45, 2.75) is 133 Å². The molecule has 0 radical (unpaired) electrons. The van der Waals surface area contributed by atoms with Crippen LogP contribution < -0.4 is 0 Å². The van der Waals surface area contributed by atoms with Gasteiger partial charge in [0.2, 0.25) is 0 Å². The summed E-state index contributed by atoms with van der Waals surface area (Å²) in [4.78, 5) is 51.6. The maximum absolute atomic E-state index is 14.3. The number of fused-ring (bicyclic) bond motifs is 3. The highest BCUT2D eigenvalue weighted by molar-refractivity contribution is 6.02. The Morgan fingerprint density at radius 3 is 2.04 bits per heavy atom. The number of carbonyl (C=O) groups excluding carboxylic acids is 4. The number of allylic oxidation sites excluding steroid dienone is 1. The first-order valence-electron chi connectivity index (χ1n) is 16.9. The van der Waals surface area contributed by atoms with Gasteiger partial charge < -0.3 is 39.4 Å². The number of hydrogen-bond acceptors (Lipinski definition) is 12. The molecule has 3 aliphatic rings. The van der Waals surface area contributed by atoms with E-state index in [1.165, 1.54) is 33.8 Å². The van der Waals surface area contributed by atoms with Crippen LogP contribution >= 0.6 is 0 Å². The zero-order valence-corrected chi connectivity index (χ0v) is 30.4. The van der Waals surface area contributed by atoms with Crippen LogP contribution in [0.3, 0.4) is 0 Å². The van der Waals surface area contributed by atoms with Gasteiger partial charge in [0, 0.05) is 45.4 Å². The van der Waals surface area contributed by atoms with Gasteiger partial charge >= 0.3 is 17.9 Å². The SMILES string of the molecule is C=C(C)[C@]1(O)[C@H](OC(C)=O)[C@@H](C)[C@]2(O)C[C@@](O)(C(=O)/C(C)=C\C)[C@H](OC(C)=O)[C@@]3(CCOC(C)=O)O[C@H]3[C@H]2[C@@]1(O)CC(C)(C)c1ccccc1. The first kappa shape index (κ1) is 39.4. The van der Waals surface area contributed by atoms with Gasteiger partial charge in [-0.25, -0.2) is 0 Å². The van der Waals surface area contributed by atoms with E-state index in [2.05, 4.69) is 6.58 Å². The van der Waals surface area contributed by atoms with Crippen molar-refractivity contribution in [3.8, 4) is 0 Å². The van der Waals surface area contributed by atoms with Crippen molar-refractivity contribution in [3.63, 3.8) is 0 Å². The Morgan fingerprint density at radius 1 is 0.960 bits per heavy atom. The third kappa shape index (κ3) is 6.12. The second-order valence-electron chi connectivity index (χ2n) is 15.2. The second-order valence-corrected chi connectivity index (χ2v) is 15.2. The molecule has 2 saturated carbocycles. The minimum Gasteiger partial charge on any atom is -0.466 e. The molecule has 12 heteroatoms. The van der Waals surface area contributed by atoms with E-state index >= 15 is 0 Å². The van der Waals surface area contributed by atoms with Gasteiger partial charge in [-0.15, -0.1) is 0 Å². The fraction of sp³-hybridized carbons (Fsp3) is 0.632. The third-order valence-electron chi connectivity index (χ3n) is 11.3. The molecule has 10 atom stereocenters. The Labute approximate surface area is 293 Å². The first-order chi connectivity index (χ1) is 23.0. The Hall–Kier alpha value is -3.42. The summed E-state index contributed by atoms with van der Waals surface area (Å²) in [5, 5.41) is 52.4. The summed E-state index contributed by atoms with van der Waals surface area (Å²) >= 11 is 0. The average Bonchev–Trinajstić information content (AvgIpc) is 3.73. The number of ketones is 1. The monoisotopic (exact) mass is 700 g/mol. The molecule has 4 N–H and O–H groups in total. The number of rotatable bonds is 11. The summed E-state index contributed by atoms with van der Waals surface area (Å²) in [6.07, 6.45) is -4.57. The van der Waals surface area contributed by atoms with Crippen LogP contribution in [0.2, 0.25) is 0 Å². The third-order valence-corrected chi connectivity index (χ3v) is 11.3. The smallest absolute Gasteiger partial charge is 0.303 e. The zero-order valence-electron chi connectivity index (χ0n) is 30.4. The highest BCUT2D eigenvalue weighted by atomic mass is 16.7. The summed E-state index contributed by atoms with van der Waals surface area (Å²) < 4.78 is 23.2. The molecular weight excluding hydrogens is 648 g/mol. The molecule has 50 heavy (non-hydrogen) atoms. The summed E-state index contributed by atoms with van der Waals surface area (Å²) in [6, 6.07) is 9.17. The minimum absolute atomic E-state index is 0.0204. The topological polar surface area (TPSA) is 189 Å². The van der Waals surface area contributed by atoms with E-state index in [0.717, 1.165) is 19.4 Å². The predicted octanol–water partition coefficient (Wildman–Crippen LogP) is 3.01. The molecule has 1 heterocycles. The van der Waals surface area contributed by atoms with Gasteiger partial charge in [0.15, 0.2) is 23.1 Å². The van der Waals surface area contributed by atoms with Crippen molar-refractivity contribution in [2.75, 3.05) is 6.61 Å². The second kappa shape index (κ2) is 13.3. The average molecular weight is 701 g/mol. The molecule has 1 aromatic carbocycles. The first-order valence-corrected chi connectivity index (χ1v) is 16.9. The lowest BCUT2D eigenvalue weighted by atomic mass is 9.47. The lowest BCUT2D eigenvalue weighted by molar-refractivity contribution is -0.317. The molecule has 3 fully saturated rings. The van der Waals surface area contributed by atoms with Crippen LogP contribution in [0.4, 0.5) is 0 Å². The molecule has 12 nitrogen and oxygen atoms in total. The fourth-order valence-corrected chi connectivity index (χ4v) is 8.89. The van der Waals surface area contributed by atoms with E-state index in [1.54, 1.807) is 6.92 Å². The maximum Gasteiger partial charge on any atom is 0.303 e. The van der Waals surface area contributed by atoms with E-state index < -0.39 is 93.7 Å². The lowest BCUT2D eigenvalue weighted by Crippen LogP contribution is -2.80. The van der Waals surface area contributed by atoms with Crippen LogP contribution in [0.25, 0.3) is 0 Å². The molecule has 0 amide bonds. The van der Waals surface area contributed by atoms with Gasteiger partial charge in [0.05, 0.1) is 18.3 Å². The van der Waals surface area contributed by atoms with E-state index in [1.807, 2.05) is 44.2 Å². The summed E-state index contributed by atoms with van der Waals surface area (Å²) in [5.41, 5.74) is -11.8. The van der Waals surface area contributed by atoms with Gasteiger partial charge in [-0.1, -0.05) is 63.8 Å². The van der Waals surface area contributed by atoms with E-state index in [4.69, 9.17) is 18.9 Å². The molecule has 4 rings (SSSR count). The number of esters is 3. The van der Waals surface area contributed by atoms with Gasteiger partial charge in [-0.05, 0) is 49.3 Å². The highest BCUT2D eigenvalue weighted by Crippen LogP contribution is 2.68. The van der Waals surface area contributed by atoms with Gasteiger partial charge in [-0.3, -0.25) is 19.2 Å². The van der Waals surface area contributed by atoms with E-state index in [0.29, 0.717) is 0 Å². The van der Waals surface area contributed by atoms with Crippen LogP contribution in [0.1, 0.15) is 87.1 Å². The van der Waals surface area contributed by atoms with Crippen molar-refractivity contribution in [2.24, 2.45) is 11.8 Å². The number of Topliss-reactive ketones (excluding diaryl/α,β-unsaturated/α-hetero) is 1. The molecule has 0 bridgehead atoms. The molecule has 1 aromatic rings. The Bertz CT molecular complexity index is 1570. The van der Waals surface area contributed by atoms with Crippen molar-refractivity contribution in [1.29, 1.82) is 0 Å². The van der Waals surface area contributed by atoms with Gasteiger partial charge in [-0.2, -0.15) is 0 Å². The van der Waals surface area contributed by atoms with Crippen LogP contribution in [0.15, 0.2) is 54.1 Å². The minimum atomic E-state index is -2.68. The van der Waals surface area contributed by atoms with Crippen molar-refractivity contribution in [1.82, 2.24) is 0 Å². The summed E-state index contributed by atoms with van der Waals surface area (Å²) in [7, 11) is 0. The van der Waals surface area contributed by atoms with Crippen molar-refractivity contribution >= 4 is 23.7 Å². The Balaban J connectivity index is 2.12.